The highest BCUT2D eigenvalue weighted by molar-refractivity contribution is 7.99. The van der Waals surface area contributed by atoms with Crippen molar-refractivity contribution in [3.8, 4) is 11.5 Å². The van der Waals surface area contributed by atoms with Gasteiger partial charge in [-0.25, -0.2) is 4.39 Å². The summed E-state index contributed by atoms with van der Waals surface area (Å²) in [5.41, 5.74) is 0.624. The number of hydrogen-bond acceptors (Lipinski definition) is 5. The highest BCUT2D eigenvalue weighted by Crippen LogP contribution is 2.20. The second kappa shape index (κ2) is 5.63. The van der Waals surface area contributed by atoms with E-state index in [1.165, 1.54) is 36.0 Å². The average molecular weight is 268 g/mol. The van der Waals surface area contributed by atoms with Crippen LogP contribution in [0.3, 0.4) is 0 Å². The van der Waals surface area contributed by atoms with Crippen LogP contribution in [0.4, 0.5) is 4.39 Å². The molecule has 18 heavy (non-hydrogen) atoms. The maximum Gasteiger partial charge on any atom is 0.313 e. The number of aliphatic carboxylic acids is 1. The zero-order chi connectivity index (χ0) is 13.0. The predicted octanol–water partition coefficient (Wildman–Crippen LogP) is 2.19. The monoisotopic (exact) mass is 268 g/mol. The van der Waals surface area contributed by atoms with E-state index in [-0.39, 0.29) is 11.6 Å². The lowest BCUT2D eigenvalue weighted by atomic mass is 10.2. The summed E-state index contributed by atoms with van der Waals surface area (Å²) in [5.74, 6) is -0.273. The van der Waals surface area contributed by atoms with Gasteiger partial charge in [-0.15, -0.1) is 22.0 Å². The summed E-state index contributed by atoms with van der Waals surface area (Å²) in [5, 5.41) is 16.1. The summed E-state index contributed by atoms with van der Waals surface area (Å²) < 4.78 is 18.1. The number of hydrogen-bond donors (Lipinski definition) is 1. The van der Waals surface area contributed by atoms with Crippen LogP contribution in [0.25, 0.3) is 11.5 Å². The SMILES string of the molecule is O=C(O)CSCc1nnc(-c2ccc(F)cc2)o1. The molecule has 94 valence electrons. The molecule has 0 bridgehead atoms. The van der Waals surface area contributed by atoms with Crippen LogP contribution in [0.2, 0.25) is 0 Å². The Hall–Kier alpha value is -1.89. The van der Waals surface area contributed by atoms with E-state index in [2.05, 4.69) is 10.2 Å². The van der Waals surface area contributed by atoms with Gasteiger partial charge in [-0.1, -0.05) is 0 Å². The van der Waals surface area contributed by atoms with Gasteiger partial charge in [0.05, 0.1) is 11.5 Å². The second-order valence-corrected chi connectivity index (χ2v) is 4.38. The predicted molar refractivity (Wildman–Crippen MR) is 63.5 cm³/mol. The van der Waals surface area contributed by atoms with Crippen molar-refractivity contribution in [2.45, 2.75) is 5.75 Å². The van der Waals surface area contributed by atoms with Gasteiger partial charge in [0, 0.05) is 5.56 Å². The van der Waals surface area contributed by atoms with E-state index in [1.807, 2.05) is 0 Å². The molecule has 1 aromatic heterocycles. The summed E-state index contributed by atoms with van der Waals surface area (Å²) in [6.07, 6.45) is 0. The van der Waals surface area contributed by atoms with E-state index in [0.29, 0.717) is 23.1 Å². The number of nitrogens with zero attached hydrogens (tertiary/aromatic N) is 2. The molecular formula is C11H9FN2O3S. The fraction of sp³-hybridized carbons (Fsp3) is 0.182. The van der Waals surface area contributed by atoms with Gasteiger partial charge in [0.2, 0.25) is 11.8 Å². The van der Waals surface area contributed by atoms with E-state index in [4.69, 9.17) is 9.52 Å². The van der Waals surface area contributed by atoms with Gasteiger partial charge >= 0.3 is 5.97 Å². The molecule has 0 spiro atoms. The third-order valence-electron chi connectivity index (χ3n) is 2.01. The molecule has 0 atom stereocenters. The second-order valence-electron chi connectivity index (χ2n) is 3.39. The molecule has 0 aliphatic heterocycles. The Morgan fingerprint density at radius 2 is 2.06 bits per heavy atom. The van der Waals surface area contributed by atoms with E-state index >= 15 is 0 Å². The lowest BCUT2D eigenvalue weighted by Gasteiger charge is -1.94. The maximum absolute atomic E-state index is 12.7. The lowest BCUT2D eigenvalue weighted by molar-refractivity contribution is -0.133. The summed E-state index contributed by atoms with van der Waals surface area (Å²) in [6, 6.07) is 5.69. The van der Waals surface area contributed by atoms with Gasteiger partial charge < -0.3 is 9.52 Å². The summed E-state index contributed by atoms with van der Waals surface area (Å²) in [7, 11) is 0. The van der Waals surface area contributed by atoms with E-state index in [9.17, 15) is 9.18 Å². The van der Waals surface area contributed by atoms with Gasteiger partial charge in [-0.05, 0) is 24.3 Å². The van der Waals surface area contributed by atoms with Crippen molar-refractivity contribution < 1.29 is 18.7 Å². The minimum atomic E-state index is -0.890. The van der Waals surface area contributed by atoms with Crippen LogP contribution >= 0.6 is 11.8 Å². The zero-order valence-corrected chi connectivity index (χ0v) is 9.98. The van der Waals surface area contributed by atoms with Crippen LogP contribution in [0, 0.1) is 5.82 Å². The van der Waals surface area contributed by atoms with Crippen LogP contribution in [0.15, 0.2) is 28.7 Å². The molecule has 0 saturated heterocycles. The zero-order valence-electron chi connectivity index (χ0n) is 9.17. The molecule has 0 fully saturated rings. The Bertz CT molecular complexity index is 541. The van der Waals surface area contributed by atoms with Crippen molar-refractivity contribution in [2.75, 3.05) is 5.75 Å². The first-order chi connectivity index (χ1) is 8.65. The number of carboxylic acid groups (broad SMARTS) is 1. The Kier molecular flexibility index (Phi) is 3.93. The molecular weight excluding hydrogens is 259 g/mol. The van der Waals surface area contributed by atoms with Crippen LogP contribution in [-0.4, -0.2) is 27.0 Å². The molecule has 2 aromatic rings. The normalized spacial score (nSPS) is 10.5. The van der Waals surface area contributed by atoms with Crippen molar-refractivity contribution in [1.82, 2.24) is 10.2 Å². The number of carboxylic acids is 1. The molecule has 1 heterocycles. The molecule has 7 heteroatoms. The van der Waals surface area contributed by atoms with Crippen LogP contribution in [0.1, 0.15) is 5.89 Å². The van der Waals surface area contributed by atoms with Gasteiger partial charge in [0.1, 0.15) is 5.82 Å². The van der Waals surface area contributed by atoms with Gasteiger partial charge in [-0.3, -0.25) is 4.79 Å². The molecule has 0 aliphatic carbocycles. The first-order valence-electron chi connectivity index (χ1n) is 5.03. The number of rotatable bonds is 5. The Balaban J connectivity index is 2.01. The number of aromatic nitrogens is 2. The van der Waals surface area contributed by atoms with Crippen molar-refractivity contribution in [3.05, 3.63) is 36.0 Å². The Morgan fingerprint density at radius 1 is 1.33 bits per heavy atom. The highest BCUT2D eigenvalue weighted by Gasteiger charge is 2.09. The van der Waals surface area contributed by atoms with Crippen LogP contribution < -0.4 is 0 Å². The van der Waals surface area contributed by atoms with E-state index < -0.39 is 5.97 Å². The molecule has 0 amide bonds. The minimum Gasteiger partial charge on any atom is -0.481 e. The molecule has 1 N–H and O–H groups in total. The maximum atomic E-state index is 12.7. The molecule has 5 nitrogen and oxygen atoms in total. The number of benzene rings is 1. The smallest absolute Gasteiger partial charge is 0.313 e. The Labute approximate surface area is 106 Å². The fourth-order valence-electron chi connectivity index (χ4n) is 1.25. The van der Waals surface area contributed by atoms with Crippen LogP contribution in [-0.2, 0) is 10.5 Å². The van der Waals surface area contributed by atoms with Crippen molar-refractivity contribution in [1.29, 1.82) is 0 Å². The minimum absolute atomic E-state index is 0.0196. The molecule has 0 unspecified atom stereocenters. The summed E-state index contributed by atoms with van der Waals surface area (Å²) in [6.45, 7) is 0. The van der Waals surface area contributed by atoms with Gasteiger partial charge in [0.15, 0.2) is 0 Å². The Morgan fingerprint density at radius 3 is 2.72 bits per heavy atom. The van der Waals surface area contributed by atoms with Crippen molar-refractivity contribution in [3.63, 3.8) is 0 Å². The molecule has 1 aromatic carbocycles. The highest BCUT2D eigenvalue weighted by atomic mass is 32.2. The standard InChI is InChI=1S/C11H9FN2O3S/c12-8-3-1-7(2-4-8)11-14-13-9(17-11)5-18-6-10(15)16/h1-4H,5-6H2,(H,15,16). The molecule has 2 rings (SSSR count). The average Bonchev–Trinajstić information content (AvgIpc) is 2.78. The molecule has 0 saturated carbocycles. The van der Waals surface area contributed by atoms with Gasteiger partial charge in [-0.2, -0.15) is 0 Å². The third-order valence-corrected chi connectivity index (χ3v) is 2.91. The molecule has 0 radical (unpaired) electrons. The van der Waals surface area contributed by atoms with E-state index in [0.717, 1.165) is 0 Å². The molecule has 0 aliphatic rings. The van der Waals surface area contributed by atoms with Crippen molar-refractivity contribution >= 4 is 17.7 Å². The van der Waals surface area contributed by atoms with Crippen molar-refractivity contribution in [2.24, 2.45) is 0 Å². The van der Waals surface area contributed by atoms with Crippen LogP contribution in [0.5, 0.6) is 0 Å². The topological polar surface area (TPSA) is 76.2 Å². The summed E-state index contributed by atoms with van der Waals surface area (Å²) >= 11 is 1.17. The fourth-order valence-corrected chi connectivity index (χ4v) is 1.81. The first-order valence-corrected chi connectivity index (χ1v) is 6.18. The number of carbonyl (C=O) groups is 1. The largest absolute Gasteiger partial charge is 0.481 e. The summed E-state index contributed by atoms with van der Waals surface area (Å²) in [4.78, 5) is 10.3. The van der Waals surface area contributed by atoms with Gasteiger partial charge in [0.25, 0.3) is 0 Å². The van der Waals surface area contributed by atoms with E-state index in [1.54, 1.807) is 0 Å². The first kappa shape index (κ1) is 12.6. The lowest BCUT2D eigenvalue weighted by Crippen LogP contribution is -1.98. The number of thioether (sulfide) groups is 1. The number of halogens is 1. The third kappa shape index (κ3) is 3.30. The quantitative estimate of drug-likeness (QED) is 0.895.